The Morgan fingerprint density at radius 3 is 2.45 bits per heavy atom. The highest BCUT2D eigenvalue weighted by Gasteiger charge is 2.18. The van der Waals surface area contributed by atoms with Crippen molar-refractivity contribution in [2.75, 3.05) is 0 Å². The van der Waals surface area contributed by atoms with Crippen molar-refractivity contribution in [3.63, 3.8) is 0 Å². The summed E-state index contributed by atoms with van der Waals surface area (Å²) in [5.41, 5.74) is 7.01. The van der Waals surface area contributed by atoms with Crippen molar-refractivity contribution in [2.24, 2.45) is 0 Å². The number of aromatic nitrogens is 2. The molecule has 5 aromatic rings. The first-order valence-electron chi connectivity index (χ1n) is 11.0. The van der Waals surface area contributed by atoms with Gasteiger partial charge in [-0.25, -0.2) is 9.83 Å². The summed E-state index contributed by atoms with van der Waals surface area (Å²) in [5, 5.41) is 12.4. The van der Waals surface area contributed by atoms with E-state index in [0.717, 1.165) is 44.3 Å². The van der Waals surface area contributed by atoms with Gasteiger partial charge in [0.1, 0.15) is 11.6 Å². The molecule has 0 aliphatic carbocycles. The molecule has 5 rings (SSSR count). The highest BCUT2D eigenvalue weighted by Crippen LogP contribution is 2.37. The van der Waals surface area contributed by atoms with Gasteiger partial charge in [-0.05, 0) is 77.1 Å². The number of hydrogen-bond donors (Lipinski definition) is 1. The number of phenols is 1. The lowest BCUT2D eigenvalue weighted by atomic mass is 9.88. The van der Waals surface area contributed by atoms with Gasteiger partial charge >= 0.3 is 0 Å². The quantitative estimate of drug-likeness (QED) is 0.291. The lowest BCUT2D eigenvalue weighted by Gasteiger charge is -2.20. The Morgan fingerprint density at radius 1 is 0.879 bits per heavy atom. The SMILES string of the molecule is [C-]#[N+]c1ccc(C)c(-c2ccc3c(c2)c2ccc(O)cc2n3-c2cc(C(C)(C)C)ccn2)c1. The van der Waals surface area contributed by atoms with E-state index in [9.17, 15) is 5.11 Å². The van der Waals surface area contributed by atoms with E-state index in [1.807, 2.05) is 30.5 Å². The van der Waals surface area contributed by atoms with Crippen LogP contribution >= 0.6 is 0 Å². The summed E-state index contributed by atoms with van der Waals surface area (Å²) in [5.74, 6) is 1.05. The molecule has 2 heterocycles. The first-order valence-corrected chi connectivity index (χ1v) is 11.0. The second kappa shape index (κ2) is 7.50. The first-order chi connectivity index (χ1) is 15.8. The van der Waals surface area contributed by atoms with Crippen molar-refractivity contribution in [3.8, 4) is 22.7 Å². The molecule has 4 nitrogen and oxygen atoms in total. The Balaban J connectivity index is 1.81. The van der Waals surface area contributed by atoms with Crippen molar-refractivity contribution in [1.29, 1.82) is 0 Å². The van der Waals surface area contributed by atoms with Crippen LogP contribution in [0, 0.1) is 13.5 Å². The normalized spacial score (nSPS) is 11.7. The largest absolute Gasteiger partial charge is 0.508 e. The molecule has 0 aliphatic heterocycles. The lowest BCUT2D eigenvalue weighted by Crippen LogP contribution is -2.12. The molecule has 0 aliphatic rings. The van der Waals surface area contributed by atoms with E-state index in [2.05, 4.69) is 67.4 Å². The third-order valence-corrected chi connectivity index (χ3v) is 6.25. The van der Waals surface area contributed by atoms with Crippen molar-refractivity contribution in [1.82, 2.24) is 9.55 Å². The molecule has 1 N–H and O–H groups in total. The summed E-state index contributed by atoms with van der Waals surface area (Å²) in [4.78, 5) is 8.29. The van der Waals surface area contributed by atoms with Gasteiger partial charge in [0.15, 0.2) is 5.69 Å². The van der Waals surface area contributed by atoms with Gasteiger partial charge in [0.05, 0.1) is 17.6 Å². The van der Waals surface area contributed by atoms with E-state index in [4.69, 9.17) is 11.6 Å². The molecule has 33 heavy (non-hydrogen) atoms. The molecule has 0 atom stereocenters. The second-order valence-corrected chi connectivity index (χ2v) is 9.53. The van der Waals surface area contributed by atoms with Crippen LogP contribution < -0.4 is 0 Å². The Bertz CT molecular complexity index is 1580. The maximum atomic E-state index is 10.3. The van der Waals surface area contributed by atoms with Crippen LogP contribution in [-0.4, -0.2) is 14.7 Å². The fourth-order valence-corrected chi connectivity index (χ4v) is 4.42. The number of hydrogen-bond acceptors (Lipinski definition) is 2. The molecule has 162 valence electrons. The third kappa shape index (κ3) is 3.52. The monoisotopic (exact) mass is 431 g/mol. The summed E-state index contributed by atoms with van der Waals surface area (Å²) < 4.78 is 2.12. The number of aryl methyl sites for hydroxylation is 1. The van der Waals surface area contributed by atoms with Gasteiger partial charge in [0.2, 0.25) is 0 Å². The number of fused-ring (bicyclic) bond motifs is 3. The summed E-state index contributed by atoms with van der Waals surface area (Å²) in [7, 11) is 0. The number of benzene rings is 3. The Labute approximate surface area is 193 Å². The number of phenolic OH excluding ortho intramolecular Hbond substituents is 1. The van der Waals surface area contributed by atoms with Crippen molar-refractivity contribution >= 4 is 27.5 Å². The van der Waals surface area contributed by atoms with E-state index >= 15 is 0 Å². The van der Waals surface area contributed by atoms with Crippen LogP contribution in [0.4, 0.5) is 5.69 Å². The van der Waals surface area contributed by atoms with E-state index in [1.54, 1.807) is 12.1 Å². The van der Waals surface area contributed by atoms with Gasteiger partial charge in [-0.15, -0.1) is 0 Å². The molecule has 0 fully saturated rings. The Morgan fingerprint density at radius 2 is 1.70 bits per heavy atom. The van der Waals surface area contributed by atoms with Crippen LogP contribution in [0.2, 0.25) is 0 Å². The highest BCUT2D eigenvalue weighted by atomic mass is 16.3. The first kappa shape index (κ1) is 20.8. The van der Waals surface area contributed by atoms with E-state index in [1.165, 1.54) is 5.56 Å². The molecule has 0 amide bonds. The van der Waals surface area contributed by atoms with Crippen molar-refractivity contribution in [3.05, 3.63) is 95.5 Å². The number of pyridine rings is 1. The molecular formula is C29H25N3O. The zero-order chi connectivity index (χ0) is 23.3. The fourth-order valence-electron chi connectivity index (χ4n) is 4.42. The maximum absolute atomic E-state index is 10.3. The smallest absolute Gasteiger partial charge is 0.187 e. The number of aromatic hydroxyl groups is 1. The van der Waals surface area contributed by atoms with Gasteiger partial charge in [0, 0.05) is 23.0 Å². The van der Waals surface area contributed by atoms with Crippen molar-refractivity contribution < 1.29 is 5.11 Å². The van der Waals surface area contributed by atoms with Gasteiger partial charge in [-0.3, -0.25) is 4.57 Å². The molecule has 0 spiro atoms. The standard InChI is InChI=1S/C29H25N3O/c1-18-6-8-21(30-5)16-24(18)19-7-11-26-25(14-19)23-10-9-22(33)17-27(23)32(26)28-15-20(12-13-31-28)29(2,3)4/h6-17,33H,1-4H3. The van der Waals surface area contributed by atoms with E-state index < -0.39 is 0 Å². The molecular weight excluding hydrogens is 406 g/mol. The van der Waals surface area contributed by atoms with Gasteiger partial charge < -0.3 is 5.11 Å². The lowest BCUT2D eigenvalue weighted by molar-refractivity contribution is 0.476. The predicted molar refractivity (Wildman–Crippen MR) is 135 cm³/mol. The van der Waals surface area contributed by atoms with Gasteiger partial charge in [-0.2, -0.15) is 0 Å². The Kier molecular flexibility index (Phi) is 4.72. The minimum atomic E-state index is -0.00277. The number of nitrogens with zero attached hydrogens (tertiary/aromatic N) is 3. The molecule has 3 aromatic carbocycles. The summed E-state index contributed by atoms with van der Waals surface area (Å²) in [6.45, 7) is 16.0. The molecule has 0 unspecified atom stereocenters. The average molecular weight is 432 g/mol. The molecule has 2 aromatic heterocycles. The van der Waals surface area contributed by atoms with Crippen LogP contribution in [0.1, 0.15) is 31.9 Å². The second-order valence-electron chi connectivity index (χ2n) is 9.53. The van der Waals surface area contributed by atoms with Crippen LogP contribution in [0.3, 0.4) is 0 Å². The molecule has 0 saturated carbocycles. The summed E-state index contributed by atoms with van der Waals surface area (Å²) in [6.07, 6.45) is 1.85. The molecule has 4 heteroatoms. The average Bonchev–Trinajstić information content (AvgIpc) is 3.11. The minimum Gasteiger partial charge on any atom is -0.508 e. The zero-order valence-electron chi connectivity index (χ0n) is 19.2. The minimum absolute atomic E-state index is 0.00277. The molecule has 0 saturated heterocycles. The predicted octanol–water partition coefficient (Wildman–Crippen LogP) is 7.71. The third-order valence-electron chi connectivity index (χ3n) is 6.25. The van der Waals surface area contributed by atoms with E-state index in [-0.39, 0.29) is 11.2 Å². The number of rotatable bonds is 2. The zero-order valence-corrected chi connectivity index (χ0v) is 19.2. The summed E-state index contributed by atoms with van der Waals surface area (Å²) in [6, 6.07) is 21.8. The van der Waals surface area contributed by atoms with E-state index in [0.29, 0.717) is 5.69 Å². The van der Waals surface area contributed by atoms with Crippen LogP contribution in [0.5, 0.6) is 5.75 Å². The maximum Gasteiger partial charge on any atom is 0.187 e. The van der Waals surface area contributed by atoms with Crippen LogP contribution in [0.25, 0.3) is 43.6 Å². The molecule has 0 radical (unpaired) electrons. The molecule has 0 bridgehead atoms. The Hall–Kier alpha value is -4.10. The van der Waals surface area contributed by atoms with Gasteiger partial charge in [-0.1, -0.05) is 39.0 Å². The van der Waals surface area contributed by atoms with Crippen LogP contribution in [0.15, 0.2) is 72.9 Å². The van der Waals surface area contributed by atoms with Crippen LogP contribution in [-0.2, 0) is 5.41 Å². The fraction of sp³-hybridized carbons (Fsp3) is 0.172. The van der Waals surface area contributed by atoms with Gasteiger partial charge in [0.25, 0.3) is 0 Å². The summed E-state index contributed by atoms with van der Waals surface area (Å²) >= 11 is 0. The topological polar surface area (TPSA) is 42.4 Å². The highest BCUT2D eigenvalue weighted by molar-refractivity contribution is 6.10. The van der Waals surface area contributed by atoms with Crippen molar-refractivity contribution in [2.45, 2.75) is 33.1 Å².